The van der Waals surface area contributed by atoms with Crippen molar-refractivity contribution >= 4 is 17.1 Å². The fourth-order valence-corrected chi connectivity index (χ4v) is 10.2. The number of anilines is 3. The minimum atomic E-state index is -0.939. The van der Waals surface area contributed by atoms with E-state index in [2.05, 4.69) is 247 Å². The third-order valence-corrected chi connectivity index (χ3v) is 13.4. The van der Waals surface area contributed by atoms with Crippen LogP contribution in [0.15, 0.2) is 200 Å². The van der Waals surface area contributed by atoms with Crippen molar-refractivity contribution in [2.75, 3.05) is 4.90 Å². The Kier molecular flexibility index (Phi) is 10.7. The fraction of sp³-hybridized carbons (Fsp3) is 0.180. The quantitative estimate of drug-likeness (QED) is 0.161. The predicted octanol–water partition coefficient (Wildman–Crippen LogP) is 14.8. The van der Waals surface area contributed by atoms with E-state index in [1.165, 1.54) is 11.1 Å². The summed E-state index contributed by atoms with van der Waals surface area (Å²) in [6.07, 6.45) is 0.552. The molecule has 3 nitrogen and oxygen atoms in total. The zero-order valence-electron chi connectivity index (χ0n) is 37.6. The Bertz CT molecular complexity index is 2880. The SMILES string of the molecule is CC(C)(C)c1ccc(N(c2ccc(C(C)(C)C)cc2)c2ccc3c(c2)C(c2ccccc2)(c2ccccc2)c2cc(C#N)c(C#N)cc2CC3(c2ccccc2)c2ccccc2)cc1. The lowest BCUT2D eigenvalue weighted by molar-refractivity contribution is 0.590. The van der Waals surface area contributed by atoms with Crippen LogP contribution in [0.25, 0.3) is 0 Å². The third-order valence-electron chi connectivity index (χ3n) is 13.4. The summed E-state index contributed by atoms with van der Waals surface area (Å²) >= 11 is 0. The molecule has 64 heavy (non-hydrogen) atoms. The molecule has 1 aliphatic carbocycles. The van der Waals surface area contributed by atoms with Gasteiger partial charge in [-0.25, -0.2) is 0 Å². The van der Waals surface area contributed by atoms with Gasteiger partial charge in [0.2, 0.25) is 0 Å². The minimum absolute atomic E-state index is 0.00789. The molecule has 0 heterocycles. The molecule has 0 aliphatic heterocycles. The summed E-state index contributed by atoms with van der Waals surface area (Å²) in [6.45, 7) is 13.5. The summed E-state index contributed by atoms with van der Waals surface area (Å²) in [5.41, 5.74) is 13.4. The highest BCUT2D eigenvalue weighted by molar-refractivity contribution is 5.80. The second-order valence-corrected chi connectivity index (χ2v) is 19.2. The first-order chi connectivity index (χ1) is 30.9. The van der Waals surface area contributed by atoms with Crippen molar-refractivity contribution < 1.29 is 0 Å². The zero-order valence-corrected chi connectivity index (χ0v) is 37.6. The van der Waals surface area contributed by atoms with Gasteiger partial charge in [-0.2, -0.15) is 10.5 Å². The number of rotatable bonds is 7. The van der Waals surface area contributed by atoms with E-state index >= 15 is 0 Å². The number of nitriles is 2. The first kappa shape index (κ1) is 41.9. The monoisotopic (exact) mass is 827 g/mol. The summed E-state index contributed by atoms with van der Waals surface area (Å²) in [6, 6.07) is 77.2. The lowest BCUT2D eigenvalue weighted by Crippen LogP contribution is -2.35. The molecule has 0 unspecified atom stereocenters. The summed E-state index contributed by atoms with van der Waals surface area (Å²) in [5, 5.41) is 21.4. The molecule has 3 heteroatoms. The lowest BCUT2D eigenvalue weighted by Gasteiger charge is -2.41. The predicted molar refractivity (Wildman–Crippen MR) is 263 cm³/mol. The van der Waals surface area contributed by atoms with E-state index in [4.69, 9.17) is 0 Å². The molecule has 312 valence electrons. The lowest BCUT2D eigenvalue weighted by atomic mass is 9.61. The van der Waals surface area contributed by atoms with Crippen LogP contribution >= 0.6 is 0 Å². The molecular formula is C61H53N3. The summed E-state index contributed by atoms with van der Waals surface area (Å²) in [4.78, 5) is 2.39. The standard InChI is InChI=1S/C61H53N3/c1-58(2,3)46-27-31-52(32-28-46)64(53-33-29-47(30-34-53)59(4,5)6)54-35-36-55-57(39-54)61(50-23-15-9-16-24-50,51-25-17-10-18-26-51)56-38-45(42-63)44(41-62)37-43(56)40-60(55,48-19-11-7-12-20-48)49-21-13-8-14-22-49/h7-39H,40H2,1-6H3. The van der Waals surface area contributed by atoms with Crippen LogP contribution in [0.1, 0.15) is 108 Å². The second kappa shape index (κ2) is 16.3. The van der Waals surface area contributed by atoms with E-state index in [1.54, 1.807) is 0 Å². The zero-order chi connectivity index (χ0) is 44.7. The summed E-state index contributed by atoms with van der Waals surface area (Å²) < 4.78 is 0. The normalized spacial score (nSPS) is 13.9. The molecule has 0 N–H and O–H groups in total. The van der Waals surface area contributed by atoms with Crippen LogP contribution in [0.2, 0.25) is 0 Å². The van der Waals surface area contributed by atoms with E-state index in [9.17, 15) is 10.5 Å². The first-order valence-corrected chi connectivity index (χ1v) is 22.3. The Morgan fingerprint density at radius 1 is 0.406 bits per heavy atom. The fourth-order valence-electron chi connectivity index (χ4n) is 10.2. The van der Waals surface area contributed by atoms with E-state index in [1.807, 2.05) is 12.1 Å². The maximum Gasteiger partial charge on any atom is 0.101 e. The van der Waals surface area contributed by atoms with Crippen molar-refractivity contribution in [3.63, 3.8) is 0 Å². The van der Waals surface area contributed by atoms with Crippen molar-refractivity contribution in [3.8, 4) is 12.1 Å². The molecule has 0 fully saturated rings. The summed E-state index contributed by atoms with van der Waals surface area (Å²) in [5.74, 6) is 0. The number of hydrogen-bond acceptors (Lipinski definition) is 3. The van der Waals surface area contributed by atoms with Gasteiger partial charge in [0.25, 0.3) is 0 Å². The Morgan fingerprint density at radius 2 is 0.797 bits per heavy atom. The van der Waals surface area contributed by atoms with Gasteiger partial charge in [-0.1, -0.05) is 193 Å². The number of fused-ring (bicyclic) bond motifs is 2. The van der Waals surface area contributed by atoms with Gasteiger partial charge < -0.3 is 4.90 Å². The van der Waals surface area contributed by atoms with Crippen molar-refractivity contribution in [2.24, 2.45) is 0 Å². The topological polar surface area (TPSA) is 50.8 Å². The van der Waals surface area contributed by atoms with Crippen LogP contribution in [0.4, 0.5) is 17.1 Å². The van der Waals surface area contributed by atoms with Crippen LogP contribution < -0.4 is 4.90 Å². The molecule has 0 aromatic heterocycles. The Morgan fingerprint density at radius 3 is 1.20 bits per heavy atom. The number of nitrogens with zero attached hydrogens (tertiary/aromatic N) is 3. The van der Waals surface area contributed by atoms with Gasteiger partial charge in [-0.3, -0.25) is 0 Å². The molecule has 1 aliphatic rings. The second-order valence-electron chi connectivity index (χ2n) is 19.2. The smallest absolute Gasteiger partial charge is 0.101 e. The van der Waals surface area contributed by atoms with Crippen molar-refractivity contribution in [2.45, 2.75) is 69.6 Å². The molecule has 0 bridgehead atoms. The van der Waals surface area contributed by atoms with Gasteiger partial charge in [-0.05, 0) is 121 Å². The molecule has 0 saturated heterocycles. The van der Waals surface area contributed by atoms with E-state index in [0.29, 0.717) is 17.5 Å². The highest BCUT2D eigenvalue weighted by Crippen LogP contribution is 2.57. The van der Waals surface area contributed by atoms with Crippen molar-refractivity contribution in [3.05, 3.63) is 267 Å². The molecule has 0 saturated carbocycles. The molecule has 0 atom stereocenters. The third kappa shape index (κ3) is 7.09. The Hall–Kier alpha value is -7.46. The minimum Gasteiger partial charge on any atom is -0.310 e. The highest BCUT2D eigenvalue weighted by Gasteiger charge is 2.50. The van der Waals surface area contributed by atoms with Crippen molar-refractivity contribution in [1.29, 1.82) is 10.5 Å². The van der Waals surface area contributed by atoms with E-state index in [-0.39, 0.29) is 10.8 Å². The molecule has 8 aromatic rings. The first-order valence-electron chi connectivity index (χ1n) is 22.3. The largest absolute Gasteiger partial charge is 0.310 e. The maximum atomic E-state index is 10.8. The van der Waals surface area contributed by atoms with Gasteiger partial charge in [0.05, 0.1) is 16.5 Å². The summed E-state index contributed by atoms with van der Waals surface area (Å²) in [7, 11) is 0. The van der Waals surface area contributed by atoms with Gasteiger partial charge in [0, 0.05) is 22.5 Å². The maximum absolute atomic E-state index is 10.8. The van der Waals surface area contributed by atoms with Gasteiger partial charge in [0.1, 0.15) is 12.1 Å². The van der Waals surface area contributed by atoms with Crippen LogP contribution in [-0.2, 0) is 28.1 Å². The van der Waals surface area contributed by atoms with Crippen LogP contribution in [-0.4, -0.2) is 0 Å². The van der Waals surface area contributed by atoms with E-state index < -0.39 is 10.8 Å². The van der Waals surface area contributed by atoms with E-state index in [0.717, 1.165) is 61.6 Å². The average molecular weight is 828 g/mol. The molecule has 0 radical (unpaired) electrons. The molecular weight excluding hydrogens is 775 g/mol. The molecule has 0 spiro atoms. The average Bonchev–Trinajstić information content (AvgIpc) is 3.43. The van der Waals surface area contributed by atoms with Crippen LogP contribution in [0.5, 0.6) is 0 Å². The number of hydrogen-bond donors (Lipinski definition) is 0. The van der Waals surface area contributed by atoms with Gasteiger partial charge in [-0.15, -0.1) is 0 Å². The van der Waals surface area contributed by atoms with Crippen molar-refractivity contribution in [1.82, 2.24) is 0 Å². The number of benzene rings is 8. The molecule has 9 rings (SSSR count). The van der Waals surface area contributed by atoms with Gasteiger partial charge in [0.15, 0.2) is 0 Å². The highest BCUT2D eigenvalue weighted by atomic mass is 15.1. The van der Waals surface area contributed by atoms with Gasteiger partial charge >= 0.3 is 0 Å². The van der Waals surface area contributed by atoms with Crippen LogP contribution in [0, 0.1) is 22.7 Å². The molecule has 0 amide bonds. The molecule has 8 aromatic carbocycles. The Labute approximate surface area is 379 Å². The Balaban J connectivity index is 1.48. The van der Waals surface area contributed by atoms with Crippen LogP contribution in [0.3, 0.4) is 0 Å².